The number of fused-ring (bicyclic) bond motifs is 4. The molecular weight excluding hydrogens is 342 g/mol. The SMILES string of the molecule is Cc1c(C(=O)Nc2cccc3ccccc23)sc2nc3ccccc3n12. The summed E-state index contributed by atoms with van der Waals surface area (Å²) in [6, 6.07) is 22.0. The van der Waals surface area contributed by atoms with Gasteiger partial charge in [-0.25, -0.2) is 4.98 Å². The molecule has 0 spiro atoms. The Hall–Kier alpha value is -3.18. The van der Waals surface area contributed by atoms with Crippen molar-refractivity contribution in [3.8, 4) is 0 Å². The molecule has 26 heavy (non-hydrogen) atoms. The molecule has 4 nitrogen and oxygen atoms in total. The highest BCUT2D eigenvalue weighted by molar-refractivity contribution is 7.19. The fourth-order valence-electron chi connectivity index (χ4n) is 3.39. The zero-order valence-corrected chi connectivity index (χ0v) is 14.9. The van der Waals surface area contributed by atoms with Gasteiger partial charge in [-0.2, -0.15) is 0 Å². The highest BCUT2D eigenvalue weighted by atomic mass is 32.1. The van der Waals surface area contributed by atoms with Gasteiger partial charge in [0.25, 0.3) is 5.91 Å². The van der Waals surface area contributed by atoms with Crippen molar-refractivity contribution < 1.29 is 4.79 Å². The predicted octanol–water partition coefficient (Wildman–Crippen LogP) is 5.26. The maximum Gasteiger partial charge on any atom is 0.267 e. The van der Waals surface area contributed by atoms with Crippen LogP contribution in [-0.2, 0) is 0 Å². The third kappa shape index (κ3) is 2.21. The molecule has 0 radical (unpaired) electrons. The van der Waals surface area contributed by atoms with Crippen LogP contribution in [0.15, 0.2) is 66.7 Å². The van der Waals surface area contributed by atoms with Gasteiger partial charge in [0.1, 0.15) is 4.88 Å². The highest BCUT2D eigenvalue weighted by Gasteiger charge is 2.19. The number of imidazole rings is 1. The summed E-state index contributed by atoms with van der Waals surface area (Å²) in [5.41, 5.74) is 3.71. The van der Waals surface area contributed by atoms with E-state index >= 15 is 0 Å². The second-order valence-electron chi connectivity index (χ2n) is 6.22. The second-order valence-corrected chi connectivity index (χ2v) is 7.19. The van der Waals surface area contributed by atoms with Crippen LogP contribution in [0.5, 0.6) is 0 Å². The molecule has 0 unspecified atom stereocenters. The lowest BCUT2D eigenvalue weighted by molar-refractivity contribution is 0.103. The summed E-state index contributed by atoms with van der Waals surface area (Å²) in [5.74, 6) is -0.0987. The normalized spacial score (nSPS) is 11.4. The van der Waals surface area contributed by atoms with Crippen LogP contribution in [0.2, 0.25) is 0 Å². The van der Waals surface area contributed by atoms with Gasteiger partial charge in [-0.15, -0.1) is 0 Å². The number of carbonyl (C=O) groups is 1. The molecule has 0 aliphatic heterocycles. The van der Waals surface area contributed by atoms with E-state index in [9.17, 15) is 4.79 Å². The van der Waals surface area contributed by atoms with Crippen molar-refractivity contribution in [3.63, 3.8) is 0 Å². The van der Waals surface area contributed by atoms with E-state index in [-0.39, 0.29) is 5.91 Å². The first-order valence-corrected chi connectivity index (χ1v) is 9.20. The van der Waals surface area contributed by atoms with E-state index in [4.69, 9.17) is 0 Å². The molecule has 5 rings (SSSR count). The van der Waals surface area contributed by atoms with Crippen LogP contribution in [0.25, 0.3) is 26.8 Å². The minimum absolute atomic E-state index is 0.0987. The van der Waals surface area contributed by atoms with Crippen LogP contribution in [0.3, 0.4) is 0 Å². The number of hydrogen-bond donors (Lipinski definition) is 1. The topological polar surface area (TPSA) is 46.4 Å². The summed E-state index contributed by atoms with van der Waals surface area (Å²) in [6.07, 6.45) is 0. The van der Waals surface area contributed by atoms with Crippen molar-refractivity contribution in [2.45, 2.75) is 6.92 Å². The zero-order chi connectivity index (χ0) is 17.7. The van der Waals surface area contributed by atoms with Crippen molar-refractivity contribution in [1.82, 2.24) is 9.38 Å². The fourth-order valence-corrected chi connectivity index (χ4v) is 4.42. The fraction of sp³-hybridized carbons (Fsp3) is 0.0476. The minimum Gasteiger partial charge on any atom is -0.321 e. The Morgan fingerprint density at radius 1 is 1.00 bits per heavy atom. The largest absolute Gasteiger partial charge is 0.321 e. The van der Waals surface area contributed by atoms with Crippen LogP contribution in [0.4, 0.5) is 5.69 Å². The number of rotatable bonds is 2. The van der Waals surface area contributed by atoms with Gasteiger partial charge in [-0.1, -0.05) is 59.9 Å². The summed E-state index contributed by atoms with van der Waals surface area (Å²) in [6.45, 7) is 1.97. The average molecular weight is 357 g/mol. The van der Waals surface area contributed by atoms with Gasteiger partial charge in [-0.05, 0) is 30.5 Å². The Morgan fingerprint density at radius 3 is 2.69 bits per heavy atom. The molecule has 5 aromatic rings. The number of aryl methyl sites for hydroxylation is 1. The molecule has 0 saturated carbocycles. The van der Waals surface area contributed by atoms with Crippen molar-refractivity contribution in [2.24, 2.45) is 0 Å². The summed E-state index contributed by atoms with van der Waals surface area (Å²) in [4.78, 5) is 19.1. The Bertz CT molecular complexity index is 1290. The molecule has 0 aliphatic rings. The first kappa shape index (κ1) is 15.1. The lowest BCUT2D eigenvalue weighted by atomic mass is 10.1. The van der Waals surface area contributed by atoms with Gasteiger partial charge < -0.3 is 5.32 Å². The smallest absolute Gasteiger partial charge is 0.267 e. The third-order valence-electron chi connectivity index (χ3n) is 4.63. The van der Waals surface area contributed by atoms with Gasteiger partial charge >= 0.3 is 0 Å². The van der Waals surface area contributed by atoms with E-state index in [1.807, 2.05) is 73.7 Å². The number of hydrogen-bond acceptors (Lipinski definition) is 3. The number of nitrogens with one attached hydrogen (secondary N) is 1. The van der Waals surface area contributed by atoms with Crippen LogP contribution in [-0.4, -0.2) is 15.3 Å². The molecule has 0 bridgehead atoms. The zero-order valence-electron chi connectivity index (χ0n) is 14.1. The van der Waals surface area contributed by atoms with Crippen LogP contribution >= 0.6 is 11.3 Å². The summed E-state index contributed by atoms with van der Waals surface area (Å²) < 4.78 is 2.05. The number of thiazole rings is 1. The first-order chi connectivity index (χ1) is 12.7. The Balaban J connectivity index is 1.59. The molecule has 3 aromatic carbocycles. The molecule has 2 aromatic heterocycles. The average Bonchev–Trinajstić information content (AvgIpc) is 3.19. The summed E-state index contributed by atoms with van der Waals surface area (Å²) in [5, 5.41) is 5.21. The van der Waals surface area contributed by atoms with Gasteiger partial charge in [0, 0.05) is 16.8 Å². The van der Waals surface area contributed by atoms with E-state index in [0.717, 1.165) is 38.1 Å². The molecule has 1 amide bonds. The third-order valence-corrected chi connectivity index (χ3v) is 5.77. The standard InChI is InChI=1S/C21H15N3OS/c1-13-19(26-21-23-17-10-4-5-12-18(17)24(13)21)20(25)22-16-11-6-8-14-7-2-3-9-15(14)16/h2-12H,1H3,(H,22,25). The van der Waals surface area contributed by atoms with E-state index in [2.05, 4.69) is 14.7 Å². The molecule has 2 heterocycles. The number of nitrogens with zero attached hydrogens (tertiary/aromatic N) is 2. The van der Waals surface area contributed by atoms with E-state index in [1.165, 1.54) is 11.3 Å². The molecule has 126 valence electrons. The van der Waals surface area contributed by atoms with Gasteiger partial charge in [0.05, 0.1) is 11.0 Å². The van der Waals surface area contributed by atoms with Crippen molar-refractivity contribution in [2.75, 3.05) is 5.32 Å². The highest BCUT2D eigenvalue weighted by Crippen LogP contribution is 2.29. The molecule has 0 aliphatic carbocycles. The number of amides is 1. The number of anilines is 1. The van der Waals surface area contributed by atoms with Crippen LogP contribution < -0.4 is 5.32 Å². The van der Waals surface area contributed by atoms with Crippen LogP contribution in [0, 0.1) is 6.92 Å². The van der Waals surface area contributed by atoms with Crippen LogP contribution in [0.1, 0.15) is 15.4 Å². The minimum atomic E-state index is -0.0987. The maximum atomic E-state index is 12.9. The summed E-state index contributed by atoms with van der Waals surface area (Å²) in [7, 11) is 0. The van der Waals surface area contributed by atoms with Crippen molar-refractivity contribution >= 4 is 49.7 Å². The van der Waals surface area contributed by atoms with Crippen molar-refractivity contribution in [3.05, 3.63) is 77.3 Å². The molecule has 0 atom stereocenters. The molecular formula is C21H15N3OS. The Labute approximate surface area is 153 Å². The van der Waals surface area contributed by atoms with Crippen molar-refractivity contribution in [1.29, 1.82) is 0 Å². The summed E-state index contributed by atoms with van der Waals surface area (Å²) >= 11 is 1.42. The lowest BCUT2D eigenvalue weighted by Gasteiger charge is -2.08. The molecule has 0 saturated heterocycles. The van der Waals surface area contributed by atoms with Gasteiger partial charge in [0.15, 0.2) is 4.96 Å². The molecule has 0 fully saturated rings. The second kappa shape index (κ2) is 5.68. The monoisotopic (exact) mass is 357 g/mol. The Morgan fingerprint density at radius 2 is 1.77 bits per heavy atom. The van der Waals surface area contributed by atoms with E-state index in [1.54, 1.807) is 0 Å². The number of carbonyl (C=O) groups excluding carboxylic acids is 1. The maximum absolute atomic E-state index is 12.9. The number of benzene rings is 3. The molecule has 1 N–H and O–H groups in total. The number of para-hydroxylation sites is 2. The Kier molecular flexibility index (Phi) is 3.30. The lowest BCUT2D eigenvalue weighted by Crippen LogP contribution is -2.12. The molecule has 5 heteroatoms. The van der Waals surface area contributed by atoms with E-state index in [0.29, 0.717) is 4.88 Å². The first-order valence-electron chi connectivity index (χ1n) is 8.38. The number of aromatic nitrogens is 2. The van der Waals surface area contributed by atoms with Gasteiger partial charge in [-0.3, -0.25) is 9.20 Å². The quantitative estimate of drug-likeness (QED) is 0.468. The van der Waals surface area contributed by atoms with E-state index < -0.39 is 0 Å². The van der Waals surface area contributed by atoms with Gasteiger partial charge in [0.2, 0.25) is 0 Å². The predicted molar refractivity (Wildman–Crippen MR) is 107 cm³/mol.